The maximum Gasteiger partial charge on any atom is 0.0589 e. The van der Waals surface area contributed by atoms with Gasteiger partial charge in [-0.15, -0.1) is 0 Å². The van der Waals surface area contributed by atoms with Crippen molar-refractivity contribution in [2.75, 3.05) is 39.9 Å². The summed E-state index contributed by atoms with van der Waals surface area (Å²) in [5, 5.41) is 3.49. The second-order valence-corrected chi connectivity index (χ2v) is 4.16. The van der Waals surface area contributed by atoms with Crippen molar-refractivity contribution in [3.63, 3.8) is 0 Å². The highest BCUT2D eigenvalue weighted by molar-refractivity contribution is 4.91. The van der Waals surface area contributed by atoms with E-state index in [2.05, 4.69) is 10.2 Å². The standard InChI is InChI=1S/C10H20N2O/c1-13-6-5-12-4-2-3-9-7-11-8-10(9)12/h9-11H,2-8H2,1H3/t9-,10+/m1/s1. The Hall–Kier alpha value is -0.120. The largest absolute Gasteiger partial charge is 0.383 e. The van der Waals surface area contributed by atoms with Gasteiger partial charge < -0.3 is 10.1 Å². The zero-order valence-corrected chi connectivity index (χ0v) is 8.46. The van der Waals surface area contributed by atoms with Crippen molar-refractivity contribution in [1.29, 1.82) is 0 Å². The van der Waals surface area contributed by atoms with Gasteiger partial charge in [0.2, 0.25) is 0 Å². The topological polar surface area (TPSA) is 24.5 Å². The van der Waals surface area contributed by atoms with Gasteiger partial charge in [0, 0.05) is 26.2 Å². The van der Waals surface area contributed by atoms with Crippen molar-refractivity contribution in [3.8, 4) is 0 Å². The smallest absolute Gasteiger partial charge is 0.0589 e. The normalized spacial score (nSPS) is 34.8. The molecule has 0 aromatic heterocycles. The third-order valence-corrected chi connectivity index (χ3v) is 3.38. The van der Waals surface area contributed by atoms with Crippen LogP contribution in [0.4, 0.5) is 0 Å². The van der Waals surface area contributed by atoms with Crippen LogP contribution in [-0.2, 0) is 4.74 Å². The van der Waals surface area contributed by atoms with E-state index < -0.39 is 0 Å². The van der Waals surface area contributed by atoms with Gasteiger partial charge in [-0.05, 0) is 31.8 Å². The minimum absolute atomic E-state index is 0.795. The first-order valence-corrected chi connectivity index (χ1v) is 5.35. The van der Waals surface area contributed by atoms with E-state index >= 15 is 0 Å². The maximum absolute atomic E-state index is 5.13. The van der Waals surface area contributed by atoms with Crippen molar-refractivity contribution < 1.29 is 4.74 Å². The molecule has 2 heterocycles. The number of piperidine rings is 1. The molecular weight excluding hydrogens is 164 g/mol. The molecular formula is C10H20N2O. The van der Waals surface area contributed by atoms with Crippen LogP contribution in [0.15, 0.2) is 0 Å². The van der Waals surface area contributed by atoms with E-state index in [0.29, 0.717) is 0 Å². The lowest BCUT2D eigenvalue weighted by atomic mass is 9.92. The zero-order chi connectivity index (χ0) is 9.10. The highest BCUT2D eigenvalue weighted by Crippen LogP contribution is 2.25. The van der Waals surface area contributed by atoms with E-state index in [1.165, 1.54) is 32.5 Å². The summed E-state index contributed by atoms with van der Waals surface area (Å²) >= 11 is 0. The summed E-state index contributed by atoms with van der Waals surface area (Å²) in [5.41, 5.74) is 0. The Morgan fingerprint density at radius 1 is 1.46 bits per heavy atom. The molecule has 0 aliphatic carbocycles. The van der Waals surface area contributed by atoms with Crippen LogP contribution in [0.5, 0.6) is 0 Å². The molecule has 0 saturated carbocycles. The SMILES string of the molecule is COCCN1CCC[C@@H]2CNC[C@@H]21. The summed E-state index contributed by atoms with van der Waals surface area (Å²) in [6.07, 6.45) is 2.79. The second kappa shape index (κ2) is 4.40. The van der Waals surface area contributed by atoms with E-state index in [1.807, 2.05) is 0 Å². The van der Waals surface area contributed by atoms with Crippen molar-refractivity contribution in [1.82, 2.24) is 10.2 Å². The summed E-state index contributed by atoms with van der Waals surface area (Å²) in [6.45, 7) is 5.68. The molecule has 0 aromatic carbocycles. The van der Waals surface area contributed by atoms with Crippen LogP contribution >= 0.6 is 0 Å². The van der Waals surface area contributed by atoms with Gasteiger partial charge in [0.05, 0.1) is 6.61 Å². The highest BCUT2D eigenvalue weighted by Gasteiger charge is 2.34. The predicted octanol–water partition coefficient (Wildman–Crippen LogP) is 0.317. The summed E-state index contributed by atoms with van der Waals surface area (Å²) in [4.78, 5) is 2.59. The quantitative estimate of drug-likeness (QED) is 0.683. The summed E-state index contributed by atoms with van der Waals surface area (Å²) < 4.78 is 5.13. The minimum atomic E-state index is 0.795. The number of nitrogens with zero attached hydrogens (tertiary/aromatic N) is 1. The molecule has 2 saturated heterocycles. The molecule has 0 aromatic rings. The molecule has 0 radical (unpaired) electrons. The van der Waals surface area contributed by atoms with Crippen LogP contribution in [0.2, 0.25) is 0 Å². The fourth-order valence-electron chi connectivity index (χ4n) is 2.65. The molecule has 0 amide bonds. The second-order valence-electron chi connectivity index (χ2n) is 4.16. The van der Waals surface area contributed by atoms with Crippen molar-refractivity contribution >= 4 is 0 Å². The van der Waals surface area contributed by atoms with Crippen LogP contribution < -0.4 is 5.32 Å². The average Bonchev–Trinajstić information content (AvgIpc) is 2.62. The summed E-state index contributed by atoms with van der Waals surface area (Å²) in [7, 11) is 1.79. The van der Waals surface area contributed by atoms with Gasteiger partial charge in [-0.2, -0.15) is 0 Å². The summed E-state index contributed by atoms with van der Waals surface area (Å²) in [5.74, 6) is 0.908. The van der Waals surface area contributed by atoms with Crippen LogP contribution in [0.3, 0.4) is 0 Å². The Labute approximate surface area is 80.4 Å². The van der Waals surface area contributed by atoms with Crippen LogP contribution in [0.25, 0.3) is 0 Å². The monoisotopic (exact) mass is 184 g/mol. The molecule has 0 spiro atoms. The molecule has 2 rings (SSSR count). The van der Waals surface area contributed by atoms with Gasteiger partial charge in [-0.3, -0.25) is 4.90 Å². The number of hydrogen-bond acceptors (Lipinski definition) is 3. The van der Waals surface area contributed by atoms with E-state index in [0.717, 1.165) is 25.1 Å². The minimum Gasteiger partial charge on any atom is -0.383 e. The molecule has 76 valence electrons. The Morgan fingerprint density at radius 2 is 2.38 bits per heavy atom. The van der Waals surface area contributed by atoms with Crippen molar-refractivity contribution in [2.24, 2.45) is 5.92 Å². The zero-order valence-electron chi connectivity index (χ0n) is 8.46. The Balaban J connectivity index is 1.86. The third kappa shape index (κ3) is 2.03. The molecule has 2 atom stereocenters. The van der Waals surface area contributed by atoms with E-state index in [1.54, 1.807) is 7.11 Å². The van der Waals surface area contributed by atoms with E-state index in [9.17, 15) is 0 Å². The van der Waals surface area contributed by atoms with Crippen molar-refractivity contribution in [2.45, 2.75) is 18.9 Å². The first kappa shape index (κ1) is 9.44. The van der Waals surface area contributed by atoms with E-state index in [-0.39, 0.29) is 0 Å². The lowest BCUT2D eigenvalue weighted by Crippen LogP contribution is -2.46. The molecule has 13 heavy (non-hydrogen) atoms. The van der Waals surface area contributed by atoms with Gasteiger partial charge in [0.25, 0.3) is 0 Å². The number of rotatable bonds is 3. The van der Waals surface area contributed by atoms with Gasteiger partial charge in [0.1, 0.15) is 0 Å². The van der Waals surface area contributed by atoms with E-state index in [4.69, 9.17) is 4.74 Å². The van der Waals surface area contributed by atoms with Gasteiger partial charge >= 0.3 is 0 Å². The number of hydrogen-bond donors (Lipinski definition) is 1. The van der Waals surface area contributed by atoms with Crippen LogP contribution in [0, 0.1) is 5.92 Å². The molecule has 2 fully saturated rings. The third-order valence-electron chi connectivity index (χ3n) is 3.38. The fourth-order valence-corrected chi connectivity index (χ4v) is 2.65. The van der Waals surface area contributed by atoms with Gasteiger partial charge in [0.15, 0.2) is 0 Å². The number of fused-ring (bicyclic) bond motifs is 1. The van der Waals surface area contributed by atoms with Gasteiger partial charge in [-0.25, -0.2) is 0 Å². The number of nitrogens with one attached hydrogen (secondary N) is 1. The van der Waals surface area contributed by atoms with Crippen LogP contribution in [0.1, 0.15) is 12.8 Å². The highest BCUT2D eigenvalue weighted by atomic mass is 16.5. The molecule has 3 nitrogen and oxygen atoms in total. The first-order chi connectivity index (χ1) is 6.42. The maximum atomic E-state index is 5.13. The lowest BCUT2D eigenvalue weighted by molar-refractivity contribution is 0.0835. The Morgan fingerprint density at radius 3 is 3.23 bits per heavy atom. The molecule has 3 heteroatoms. The fraction of sp³-hybridized carbons (Fsp3) is 1.00. The Bertz CT molecular complexity index is 163. The van der Waals surface area contributed by atoms with Gasteiger partial charge in [-0.1, -0.05) is 0 Å². The lowest BCUT2D eigenvalue weighted by Gasteiger charge is -2.36. The number of likely N-dealkylation sites (tertiary alicyclic amines) is 1. The van der Waals surface area contributed by atoms with Crippen LogP contribution in [-0.4, -0.2) is 50.8 Å². The first-order valence-electron chi connectivity index (χ1n) is 5.35. The molecule has 2 aliphatic heterocycles. The van der Waals surface area contributed by atoms with Crippen molar-refractivity contribution in [3.05, 3.63) is 0 Å². The molecule has 1 N–H and O–H groups in total. The summed E-state index contributed by atoms with van der Waals surface area (Å²) in [6, 6.07) is 0.795. The molecule has 2 aliphatic rings. The molecule has 0 unspecified atom stereocenters. The average molecular weight is 184 g/mol. The number of methoxy groups -OCH3 is 1. The Kier molecular flexibility index (Phi) is 3.19. The number of ether oxygens (including phenoxy) is 1. The predicted molar refractivity (Wildman–Crippen MR) is 52.8 cm³/mol. The molecule has 0 bridgehead atoms.